The second kappa shape index (κ2) is 43.1. The highest BCUT2D eigenvalue weighted by molar-refractivity contribution is 5.11. The zero-order valence-electron chi connectivity index (χ0n) is 14.4. The standard InChI is InChI=1S/C7H8.C4H8.C3H8.C3H6.C2H6.CH4/c1-7-5-3-2-4-6-7;1-3-4-2;2*1-3-2;1-2;/h2-6H,1H3;3H,1,4H2,2H3;3H2,1-2H3;3H,1H2,2H3;1-2H3;1H4. The lowest BCUT2D eigenvalue weighted by atomic mass is 10.2. The minimum atomic E-state index is 0. The quantitative estimate of drug-likeness (QED) is 0.459. The Kier molecular flexibility index (Phi) is 67.3. The van der Waals surface area contributed by atoms with E-state index in [4.69, 9.17) is 0 Å². The largest absolute Gasteiger partial charge is 0.103 e. The maximum absolute atomic E-state index is 3.48. The van der Waals surface area contributed by atoms with Crippen LogP contribution < -0.4 is 0 Å². The summed E-state index contributed by atoms with van der Waals surface area (Å²) >= 11 is 0. The average molecular weight is 281 g/mol. The topological polar surface area (TPSA) is 0 Å². The van der Waals surface area contributed by atoms with Gasteiger partial charge in [-0.2, -0.15) is 0 Å². The Hall–Kier alpha value is -1.30. The van der Waals surface area contributed by atoms with Crippen LogP contribution in [0, 0.1) is 6.92 Å². The van der Waals surface area contributed by atoms with Crippen LogP contribution in [0.5, 0.6) is 0 Å². The highest BCUT2D eigenvalue weighted by Crippen LogP contribution is 1.92. The fraction of sp³-hybridized carbons (Fsp3) is 0.500. The maximum atomic E-state index is 3.48. The van der Waals surface area contributed by atoms with Crippen molar-refractivity contribution < 1.29 is 0 Å². The van der Waals surface area contributed by atoms with E-state index >= 15 is 0 Å². The van der Waals surface area contributed by atoms with E-state index in [9.17, 15) is 0 Å². The van der Waals surface area contributed by atoms with E-state index in [1.54, 1.807) is 6.08 Å². The van der Waals surface area contributed by atoms with E-state index in [0.717, 1.165) is 6.42 Å². The van der Waals surface area contributed by atoms with Gasteiger partial charge in [0.2, 0.25) is 0 Å². The Balaban J connectivity index is -0.0000000508. The zero-order valence-corrected chi connectivity index (χ0v) is 14.4. The molecule has 0 saturated carbocycles. The van der Waals surface area contributed by atoms with Crippen LogP contribution in [0.15, 0.2) is 55.6 Å². The van der Waals surface area contributed by atoms with Crippen LogP contribution in [0.25, 0.3) is 0 Å². The summed E-state index contributed by atoms with van der Waals surface area (Å²) in [6.07, 6.45) is 5.96. The molecule has 0 heteroatoms. The molecule has 0 unspecified atom stereocenters. The van der Waals surface area contributed by atoms with Gasteiger partial charge in [-0.15, -0.1) is 13.2 Å². The van der Waals surface area contributed by atoms with Crippen molar-refractivity contribution in [3.8, 4) is 0 Å². The molecule has 0 aliphatic heterocycles. The van der Waals surface area contributed by atoms with Gasteiger partial charge in [-0.3, -0.25) is 0 Å². The van der Waals surface area contributed by atoms with Gasteiger partial charge in [0.15, 0.2) is 0 Å². The van der Waals surface area contributed by atoms with E-state index in [0.29, 0.717) is 0 Å². The first-order chi connectivity index (χ1) is 9.14. The number of allylic oxidation sites excluding steroid dienone is 2. The van der Waals surface area contributed by atoms with E-state index in [1.165, 1.54) is 12.0 Å². The highest BCUT2D eigenvalue weighted by atomic mass is 13.8. The molecule has 0 bridgehead atoms. The predicted octanol–water partition coefficient (Wildman–Crippen LogP) is 7.85. The summed E-state index contributed by atoms with van der Waals surface area (Å²) in [5.41, 5.74) is 1.32. The molecule has 120 valence electrons. The molecule has 0 nitrogen and oxygen atoms in total. The minimum absolute atomic E-state index is 0. The number of aryl methyl sites for hydroxylation is 1. The van der Waals surface area contributed by atoms with Gasteiger partial charge in [-0.25, -0.2) is 0 Å². The molecule has 20 heavy (non-hydrogen) atoms. The van der Waals surface area contributed by atoms with Crippen molar-refractivity contribution in [3.05, 3.63) is 61.2 Å². The summed E-state index contributed by atoms with van der Waals surface area (Å²) in [5.74, 6) is 0. The molecule has 0 heterocycles. The number of rotatable bonds is 1. The second-order valence-electron chi connectivity index (χ2n) is 3.47. The van der Waals surface area contributed by atoms with Crippen LogP contribution in [-0.4, -0.2) is 0 Å². The van der Waals surface area contributed by atoms with Crippen molar-refractivity contribution in [1.29, 1.82) is 0 Å². The molecule has 1 rings (SSSR count). The molecule has 1 aromatic rings. The molecule has 0 amide bonds. The van der Waals surface area contributed by atoms with E-state index in [-0.39, 0.29) is 7.43 Å². The third-order valence-electron chi connectivity index (χ3n) is 1.23. The Morgan fingerprint density at radius 1 is 0.950 bits per heavy atom. The third-order valence-corrected chi connectivity index (χ3v) is 1.23. The fourth-order valence-corrected chi connectivity index (χ4v) is 0.534. The third kappa shape index (κ3) is 69.4. The predicted molar refractivity (Wildman–Crippen MR) is 102 cm³/mol. The van der Waals surface area contributed by atoms with Crippen LogP contribution in [0.3, 0.4) is 0 Å². The lowest BCUT2D eigenvalue weighted by Crippen LogP contribution is -1.62. The van der Waals surface area contributed by atoms with Crippen LogP contribution in [0.4, 0.5) is 0 Å². The molecule has 0 spiro atoms. The van der Waals surface area contributed by atoms with Crippen LogP contribution >= 0.6 is 0 Å². The van der Waals surface area contributed by atoms with Crippen LogP contribution in [-0.2, 0) is 0 Å². The average Bonchev–Trinajstić information content (AvgIpc) is 2.44. The first-order valence-corrected chi connectivity index (χ1v) is 7.33. The molecule has 0 radical (unpaired) electrons. The first-order valence-electron chi connectivity index (χ1n) is 7.33. The maximum Gasteiger partial charge on any atom is -0.0382 e. The number of hydrogen-bond donors (Lipinski definition) is 0. The summed E-state index contributed by atoms with van der Waals surface area (Å²) in [4.78, 5) is 0. The van der Waals surface area contributed by atoms with Crippen molar-refractivity contribution in [2.24, 2.45) is 0 Å². The number of hydrogen-bond acceptors (Lipinski definition) is 0. The molecule has 0 fully saturated rings. The van der Waals surface area contributed by atoms with Crippen LogP contribution in [0.2, 0.25) is 0 Å². The Labute approximate surface area is 130 Å². The highest BCUT2D eigenvalue weighted by Gasteiger charge is 1.72. The lowest BCUT2D eigenvalue weighted by molar-refractivity contribution is 1.09. The molecule has 1 aromatic carbocycles. The van der Waals surface area contributed by atoms with Gasteiger partial charge in [0.05, 0.1) is 0 Å². The van der Waals surface area contributed by atoms with Gasteiger partial charge in [0, 0.05) is 0 Å². The normalized spacial score (nSPS) is 6.15. The summed E-state index contributed by atoms with van der Waals surface area (Å²) < 4.78 is 0. The molecular weight excluding hydrogens is 240 g/mol. The lowest BCUT2D eigenvalue weighted by Gasteiger charge is -1.82. The summed E-state index contributed by atoms with van der Waals surface area (Å²) in [6, 6.07) is 10.3. The molecule has 0 aromatic heterocycles. The Morgan fingerprint density at radius 2 is 1.20 bits per heavy atom. The van der Waals surface area contributed by atoms with Crippen molar-refractivity contribution in [2.75, 3.05) is 0 Å². The molecule has 0 N–H and O–H groups in total. The van der Waals surface area contributed by atoms with Gasteiger partial charge < -0.3 is 0 Å². The molecule has 0 atom stereocenters. The SMILES string of the molecule is C.C=CC.C=CCC.CC.CCC.Cc1ccccc1. The van der Waals surface area contributed by atoms with Crippen molar-refractivity contribution in [2.45, 2.75) is 68.7 Å². The van der Waals surface area contributed by atoms with Gasteiger partial charge in [-0.1, -0.05) is 96.5 Å². The molecule has 0 aliphatic carbocycles. The van der Waals surface area contributed by atoms with Crippen molar-refractivity contribution in [3.63, 3.8) is 0 Å². The van der Waals surface area contributed by atoms with Gasteiger partial charge in [-0.05, 0) is 20.3 Å². The molecule has 0 saturated heterocycles. The second-order valence-corrected chi connectivity index (χ2v) is 3.47. The van der Waals surface area contributed by atoms with Gasteiger partial charge in [0.1, 0.15) is 0 Å². The first kappa shape index (κ1) is 31.2. The Morgan fingerprint density at radius 3 is 1.30 bits per heavy atom. The summed E-state index contributed by atoms with van der Waals surface area (Å²) in [5, 5.41) is 0. The van der Waals surface area contributed by atoms with Crippen molar-refractivity contribution >= 4 is 0 Å². The summed E-state index contributed by atoms with van der Waals surface area (Å²) in [6.45, 7) is 21.1. The monoisotopic (exact) mass is 280 g/mol. The molecule has 0 aliphatic rings. The number of benzene rings is 1. The van der Waals surface area contributed by atoms with Gasteiger partial charge >= 0.3 is 0 Å². The molecular formula is C20H40. The van der Waals surface area contributed by atoms with Crippen molar-refractivity contribution in [1.82, 2.24) is 0 Å². The van der Waals surface area contributed by atoms with E-state index in [2.05, 4.69) is 53.0 Å². The van der Waals surface area contributed by atoms with E-state index in [1.807, 2.05) is 45.0 Å². The zero-order chi connectivity index (χ0) is 15.9. The minimum Gasteiger partial charge on any atom is -0.103 e. The Bertz CT molecular complexity index is 221. The smallest absolute Gasteiger partial charge is 0.0382 e. The van der Waals surface area contributed by atoms with E-state index < -0.39 is 0 Å². The summed E-state index contributed by atoms with van der Waals surface area (Å²) in [7, 11) is 0. The fourth-order valence-electron chi connectivity index (χ4n) is 0.534. The van der Waals surface area contributed by atoms with Gasteiger partial charge in [0.25, 0.3) is 0 Å². The van der Waals surface area contributed by atoms with Crippen LogP contribution in [0.1, 0.15) is 67.4 Å².